The molecular weight excluding hydrogens is 396 g/mol. The minimum Gasteiger partial charge on any atom is -0.494 e. The predicted molar refractivity (Wildman–Crippen MR) is 112 cm³/mol. The molecule has 0 aliphatic carbocycles. The summed E-state index contributed by atoms with van der Waals surface area (Å²) in [4.78, 5) is 36.5. The molecule has 2 rings (SSSR count). The van der Waals surface area contributed by atoms with Crippen LogP contribution in [0.2, 0.25) is 0 Å². The number of likely N-dealkylation sites (N-methyl/N-ethyl adjacent to an activating group) is 1. The number of nitro benzene ring substituents is 1. The van der Waals surface area contributed by atoms with Gasteiger partial charge in [0.1, 0.15) is 5.75 Å². The Balaban J connectivity index is 1.92. The molecule has 0 aliphatic rings. The Hall–Kier alpha value is -3.11. The lowest BCUT2D eigenvalue weighted by Crippen LogP contribution is -3.11. The first kappa shape index (κ1) is 22.2. The van der Waals surface area contributed by atoms with Crippen LogP contribution in [0.4, 0.5) is 17.1 Å². The second-order valence-electron chi connectivity index (χ2n) is 6.25. The van der Waals surface area contributed by atoms with Crippen LogP contribution in [0.1, 0.15) is 0 Å². The number of nitro groups is 1. The van der Waals surface area contributed by atoms with Gasteiger partial charge < -0.3 is 20.3 Å². The molecule has 2 amide bonds. The van der Waals surface area contributed by atoms with Crippen LogP contribution in [0.25, 0.3) is 0 Å². The third-order valence-electron chi connectivity index (χ3n) is 3.98. The molecule has 0 fully saturated rings. The molecule has 1 unspecified atom stereocenters. The third kappa shape index (κ3) is 6.47. The summed E-state index contributed by atoms with van der Waals surface area (Å²) in [6.07, 6.45) is 1.93. The number of non-ortho nitro benzene ring substituents is 1. The average Bonchev–Trinajstić information content (AvgIpc) is 2.68. The summed E-state index contributed by atoms with van der Waals surface area (Å²) in [6, 6.07) is 11.4. The van der Waals surface area contributed by atoms with Crippen LogP contribution < -0.4 is 20.3 Å². The molecule has 2 aromatic carbocycles. The van der Waals surface area contributed by atoms with Crippen molar-refractivity contribution in [3.05, 3.63) is 52.6 Å². The Labute approximate surface area is 172 Å². The van der Waals surface area contributed by atoms with Crippen LogP contribution in [0.3, 0.4) is 0 Å². The molecule has 9 nitrogen and oxygen atoms in total. The van der Waals surface area contributed by atoms with Crippen molar-refractivity contribution in [1.82, 2.24) is 0 Å². The van der Waals surface area contributed by atoms with Crippen molar-refractivity contribution in [3.8, 4) is 5.75 Å². The second kappa shape index (κ2) is 10.4. The highest BCUT2D eigenvalue weighted by Gasteiger charge is 2.18. The minimum absolute atomic E-state index is 0.0394. The third-order valence-corrected chi connectivity index (χ3v) is 4.77. The van der Waals surface area contributed by atoms with Gasteiger partial charge in [0.2, 0.25) is 0 Å². The van der Waals surface area contributed by atoms with Crippen LogP contribution in [0, 0.1) is 10.1 Å². The molecule has 154 valence electrons. The van der Waals surface area contributed by atoms with Crippen LogP contribution in [-0.4, -0.2) is 50.2 Å². The molecule has 3 N–H and O–H groups in total. The van der Waals surface area contributed by atoms with Crippen LogP contribution in [0.5, 0.6) is 5.75 Å². The predicted octanol–water partition coefficient (Wildman–Crippen LogP) is 1.42. The summed E-state index contributed by atoms with van der Waals surface area (Å²) in [5.74, 6) is -0.353. The van der Waals surface area contributed by atoms with E-state index in [4.69, 9.17) is 4.74 Å². The van der Waals surface area contributed by atoms with Crippen LogP contribution in [0.15, 0.2) is 47.4 Å². The Morgan fingerprint density at radius 1 is 1.10 bits per heavy atom. The Morgan fingerprint density at radius 3 is 2.31 bits per heavy atom. The lowest BCUT2D eigenvalue weighted by molar-refractivity contribution is -0.862. The molecule has 0 heterocycles. The van der Waals surface area contributed by atoms with E-state index < -0.39 is 4.92 Å². The fourth-order valence-electron chi connectivity index (χ4n) is 2.64. The number of nitrogens with one attached hydrogen (secondary N) is 3. The first-order chi connectivity index (χ1) is 13.8. The van der Waals surface area contributed by atoms with Crippen molar-refractivity contribution in [2.24, 2.45) is 0 Å². The van der Waals surface area contributed by atoms with Crippen molar-refractivity contribution >= 4 is 40.6 Å². The maximum absolute atomic E-state index is 12.3. The highest BCUT2D eigenvalue weighted by atomic mass is 32.2. The van der Waals surface area contributed by atoms with Gasteiger partial charge in [-0.25, -0.2) is 0 Å². The molecule has 2 aromatic rings. The normalized spacial score (nSPS) is 11.4. The number of para-hydroxylation sites is 1. The monoisotopic (exact) mass is 419 g/mol. The van der Waals surface area contributed by atoms with Crippen molar-refractivity contribution in [2.45, 2.75) is 4.90 Å². The van der Waals surface area contributed by atoms with E-state index in [0.717, 1.165) is 10.6 Å². The van der Waals surface area contributed by atoms with E-state index in [1.807, 2.05) is 30.5 Å². The minimum atomic E-state index is -0.542. The molecule has 0 saturated heterocycles. The van der Waals surface area contributed by atoms with Gasteiger partial charge in [0.05, 0.1) is 36.5 Å². The zero-order chi connectivity index (χ0) is 21.4. The Bertz CT molecular complexity index is 906. The lowest BCUT2D eigenvalue weighted by atomic mass is 10.2. The van der Waals surface area contributed by atoms with Gasteiger partial charge in [0.25, 0.3) is 17.5 Å². The number of quaternary nitrogens is 1. The quantitative estimate of drug-likeness (QED) is 0.322. The number of nitrogens with zero attached hydrogens (tertiary/aromatic N) is 1. The Kier molecular flexibility index (Phi) is 7.98. The van der Waals surface area contributed by atoms with Crippen LogP contribution >= 0.6 is 11.8 Å². The molecule has 0 aromatic heterocycles. The molecular formula is C19H23N4O5S+. The standard InChI is InChI=1S/C19H22N4O5S/c1-22(12-19(25)21-15-6-4-5-7-17(15)29-3)11-18(24)20-14-9-8-13(23(26)27)10-16(14)28-2/h4-10H,11-12H2,1-3H3,(H,20,24)(H,21,25)/p+1. The number of methoxy groups -OCH3 is 1. The van der Waals surface area contributed by atoms with Gasteiger partial charge in [-0.05, 0) is 24.5 Å². The van der Waals surface area contributed by atoms with E-state index in [-0.39, 0.29) is 36.3 Å². The number of anilines is 2. The molecule has 0 aliphatic heterocycles. The van der Waals surface area contributed by atoms with Crippen molar-refractivity contribution in [1.29, 1.82) is 0 Å². The van der Waals surface area contributed by atoms with E-state index in [9.17, 15) is 19.7 Å². The largest absolute Gasteiger partial charge is 0.494 e. The number of carbonyl (C=O) groups excluding carboxylic acids is 2. The highest BCUT2D eigenvalue weighted by molar-refractivity contribution is 7.98. The number of carbonyl (C=O) groups is 2. The topological polar surface area (TPSA) is 115 Å². The van der Waals surface area contributed by atoms with E-state index in [2.05, 4.69) is 10.6 Å². The van der Waals surface area contributed by atoms with Gasteiger partial charge in [-0.15, -0.1) is 11.8 Å². The molecule has 0 saturated carbocycles. The second-order valence-corrected chi connectivity index (χ2v) is 7.10. The first-order valence-corrected chi connectivity index (χ1v) is 9.93. The van der Waals surface area contributed by atoms with Gasteiger partial charge in [-0.3, -0.25) is 19.7 Å². The summed E-state index contributed by atoms with van der Waals surface area (Å²) < 4.78 is 5.10. The van der Waals surface area contributed by atoms with Gasteiger partial charge in [0.15, 0.2) is 13.1 Å². The number of hydrogen-bond donors (Lipinski definition) is 3. The highest BCUT2D eigenvalue weighted by Crippen LogP contribution is 2.28. The molecule has 0 spiro atoms. The molecule has 0 bridgehead atoms. The average molecular weight is 419 g/mol. The van der Waals surface area contributed by atoms with Crippen molar-refractivity contribution in [2.75, 3.05) is 44.1 Å². The number of thioether (sulfide) groups is 1. The lowest BCUT2D eigenvalue weighted by Gasteiger charge is -2.15. The zero-order valence-corrected chi connectivity index (χ0v) is 17.2. The summed E-state index contributed by atoms with van der Waals surface area (Å²) in [5, 5.41) is 16.4. The van der Waals surface area contributed by atoms with E-state index in [0.29, 0.717) is 10.6 Å². The summed E-state index contributed by atoms with van der Waals surface area (Å²) in [6.45, 7) is 0.144. The number of hydrogen-bond acceptors (Lipinski definition) is 6. The fourth-order valence-corrected chi connectivity index (χ4v) is 3.20. The molecule has 1 atom stereocenters. The maximum Gasteiger partial charge on any atom is 0.279 e. The van der Waals surface area contributed by atoms with E-state index in [1.165, 1.54) is 37.1 Å². The van der Waals surface area contributed by atoms with Gasteiger partial charge in [0, 0.05) is 11.0 Å². The fraction of sp³-hybridized carbons (Fsp3) is 0.263. The molecule has 0 radical (unpaired) electrons. The Morgan fingerprint density at radius 2 is 1.72 bits per heavy atom. The molecule has 10 heteroatoms. The van der Waals surface area contributed by atoms with Crippen molar-refractivity contribution in [3.63, 3.8) is 0 Å². The smallest absolute Gasteiger partial charge is 0.279 e. The summed E-state index contributed by atoms with van der Waals surface area (Å²) >= 11 is 1.53. The SMILES string of the molecule is COc1cc([N+](=O)[O-])ccc1NC(=O)C[NH+](C)CC(=O)Nc1ccccc1SC. The van der Waals surface area contributed by atoms with Crippen molar-refractivity contribution < 1.29 is 24.1 Å². The molecule has 29 heavy (non-hydrogen) atoms. The first-order valence-electron chi connectivity index (χ1n) is 8.70. The van der Waals surface area contributed by atoms with E-state index in [1.54, 1.807) is 7.05 Å². The van der Waals surface area contributed by atoms with Gasteiger partial charge in [-0.2, -0.15) is 0 Å². The summed E-state index contributed by atoms with van der Waals surface area (Å²) in [5.41, 5.74) is 0.928. The number of amides is 2. The maximum atomic E-state index is 12.3. The van der Waals surface area contributed by atoms with Crippen LogP contribution in [-0.2, 0) is 9.59 Å². The number of ether oxygens (including phenoxy) is 1. The van der Waals surface area contributed by atoms with E-state index >= 15 is 0 Å². The summed E-state index contributed by atoms with van der Waals surface area (Å²) in [7, 11) is 3.09. The van der Waals surface area contributed by atoms with Gasteiger partial charge >= 0.3 is 0 Å². The number of rotatable bonds is 9. The van der Waals surface area contributed by atoms with Gasteiger partial charge in [-0.1, -0.05) is 12.1 Å². The zero-order valence-electron chi connectivity index (χ0n) is 16.4. The number of benzene rings is 2.